The molecule has 0 saturated carbocycles. The smallest absolute Gasteiger partial charge is 0.272 e. The molecule has 7 heteroatoms. The number of hydrogen-bond donors (Lipinski definition) is 1. The van der Waals surface area contributed by atoms with Crippen molar-refractivity contribution in [2.24, 2.45) is 0 Å². The van der Waals surface area contributed by atoms with Crippen LogP contribution in [0, 0.1) is 5.82 Å². The molecule has 122 valence electrons. The zero-order valence-electron chi connectivity index (χ0n) is 12.9. The molecule has 3 aromatic rings. The van der Waals surface area contributed by atoms with Gasteiger partial charge in [0.15, 0.2) is 5.69 Å². The van der Waals surface area contributed by atoms with Gasteiger partial charge in [0.1, 0.15) is 5.82 Å². The van der Waals surface area contributed by atoms with Crippen molar-refractivity contribution in [1.29, 1.82) is 0 Å². The van der Waals surface area contributed by atoms with Crippen LogP contribution < -0.4 is 10.1 Å². The zero-order chi connectivity index (χ0) is 16.9. The van der Waals surface area contributed by atoms with E-state index in [1.165, 1.54) is 23.9 Å². The van der Waals surface area contributed by atoms with E-state index in [-0.39, 0.29) is 24.0 Å². The van der Waals surface area contributed by atoms with Gasteiger partial charge in [-0.05, 0) is 36.4 Å². The summed E-state index contributed by atoms with van der Waals surface area (Å²) in [6.07, 6.45) is 3.27. The number of halogens is 1. The molecule has 1 aromatic carbocycles. The Kier molecular flexibility index (Phi) is 4.51. The van der Waals surface area contributed by atoms with Crippen molar-refractivity contribution < 1.29 is 13.9 Å². The van der Waals surface area contributed by atoms with E-state index >= 15 is 0 Å². The number of benzene rings is 1. The van der Waals surface area contributed by atoms with Crippen molar-refractivity contribution in [3.8, 4) is 11.6 Å². The van der Waals surface area contributed by atoms with E-state index in [2.05, 4.69) is 15.4 Å². The highest BCUT2D eigenvalue weighted by atomic mass is 19.1. The van der Waals surface area contributed by atoms with Crippen molar-refractivity contribution in [2.45, 2.75) is 6.54 Å². The van der Waals surface area contributed by atoms with Gasteiger partial charge < -0.3 is 10.1 Å². The average molecular weight is 326 g/mol. The first-order valence-corrected chi connectivity index (χ1v) is 7.25. The predicted molar refractivity (Wildman–Crippen MR) is 85.5 cm³/mol. The van der Waals surface area contributed by atoms with Crippen LogP contribution in [0.1, 0.15) is 16.1 Å². The van der Waals surface area contributed by atoms with Crippen molar-refractivity contribution >= 4 is 5.91 Å². The first kappa shape index (κ1) is 15.7. The maximum atomic E-state index is 13.0. The quantitative estimate of drug-likeness (QED) is 0.781. The number of aromatic nitrogens is 3. The number of pyridine rings is 1. The van der Waals surface area contributed by atoms with Gasteiger partial charge in [-0.15, -0.1) is 0 Å². The number of hydrogen-bond acceptors (Lipinski definition) is 4. The molecule has 0 unspecified atom stereocenters. The molecule has 2 aromatic heterocycles. The lowest BCUT2D eigenvalue weighted by Crippen LogP contribution is -2.23. The van der Waals surface area contributed by atoms with Crippen LogP contribution in [0.4, 0.5) is 4.39 Å². The third kappa shape index (κ3) is 3.40. The van der Waals surface area contributed by atoms with Gasteiger partial charge in [-0.3, -0.25) is 4.79 Å². The molecule has 1 amide bonds. The number of nitrogens with one attached hydrogen (secondary N) is 1. The number of methoxy groups -OCH3 is 1. The summed E-state index contributed by atoms with van der Waals surface area (Å²) in [6.45, 7) is 0.277. The highest BCUT2D eigenvalue weighted by molar-refractivity contribution is 5.92. The highest BCUT2D eigenvalue weighted by Crippen LogP contribution is 2.13. The van der Waals surface area contributed by atoms with Crippen molar-refractivity contribution in [3.63, 3.8) is 0 Å². The summed E-state index contributed by atoms with van der Waals surface area (Å²) in [5.41, 5.74) is 1.71. The summed E-state index contributed by atoms with van der Waals surface area (Å²) in [5, 5.41) is 6.97. The fraction of sp³-hybridized carbons (Fsp3) is 0.118. The lowest BCUT2D eigenvalue weighted by Gasteiger charge is -2.07. The van der Waals surface area contributed by atoms with Crippen LogP contribution in [-0.4, -0.2) is 27.8 Å². The summed E-state index contributed by atoms with van der Waals surface area (Å²) < 4.78 is 19.6. The van der Waals surface area contributed by atoms with Crippen LogP contribution in [0.5, 0.6) is 5.88 Å². The molecule has 1 N–H and O–H groups in total. The average Bonchev–Trinajstić information content (AvgIpc) is 3.10. The Hall–Kier alpha value is -3.22. The van der Waals surface area contributed by atoms with Crippen LogP contribution in [0.3, 0.4) is 0 Å². The largest absolute Gasteiger partial charge is 0.481 e. The zero-order valence-corrected chi connectivity index (χ0v) is 12.9. The minimum absolute atomic E-state index is 0.266. The Bertz CT molecular complexity index is 846. The van der Waals surface area contributed by atoms with Gasteiger partial charge in [0.05, 0.1) is 12.8 Å². The number of carbonyl (C=O) groups is 1. The Morgan fingerprint density at radius 1 is 1.25 bits per heavy atom. The fourth-order valence-electron chi connectivity index (χ4n) is 2.19. The molecule has 0 atom stereocenters. The molecule has 24 heavy (non-hydrogen) atoms. The van der Waals surface area contributed by atoms with Crippen LogP contribution in [-0.2, 0) is 6.54 Å². The molecule has 3 rings (SSSR count). The second kappa shape index (κ2) is 6.91. The molecule has 0 radical (unpaired) electrons. The first-order chi connectivity index (χ1) is 11.7. The van der Waals surface area contributed by atoms with Gasteiger partial charge in [0.25, 0.3) is 5.91 Å². The summed E-state index contributed by atoms with van der Waals surface area (Å²) in [4.78, 5) is 16.3. The number of nitrogens with zero attached hydrogens (tertiary/aromatic N) is 3. The molecular formula is C17H15FN4O2. The first-order valence-electron chi connectivity index (χ1n) is 7.25. The van der Waals surface area contributed by atoms with E-state index < -0.39 is 0 Å². The maximum absolute atomic E-state index is 13.0. The SMILES string of the molecule is COc1ncccc1CNC(=O)c1ccn(-c2ccc(F)cc2)n1. The van der Waals surface area contributed by atoms with E-state index in [0.29, 0.717) is 11.6 Å². The number of ether oxygens (including phenoxy) is 1. The lowest BCUT2D eigenvalue weighted by atomic mass is 10.2. The molecule has 2 heterocycles. The molecule has 0 aliphatic rings. The Morgan fingerprint density at radius 3 is 2.79 bits per heavy atom. The fourth-order valence-corrected chi connectivity index (χ4v) is 2.19. The minimum Gasteiger partial charge on any atom is -0.481 e. The monoisotopic (exact) mass is 326 g/mol. The van der Waals surface area contributed by atoms with Gasteiger partial charge in [0, 0.05) is 24.5 Å². The van der Waals surface area contributed by atoms with Gasteiger partial charge in [-0.1, -0.05) is 6.07 Å². The van der Waals surface area contributed by atoms with Crippen molar-refractivity contribution in [2.75, 3.05) is 7.11 Å². The minimum atomic E-state index is -0.325. The third-order valence-corrected chi connectivity index (χ3v) is 3.40. The summed E-state index contributed by atoms with van der Waals surface area (Å²) >= 11 is 0. The number of carbonyl (C=O) groups excluding carboxylic acids is 1. The van der Waals surface area contributed by atoms with E-state index in [1.807, 2.05) is 6.07 Å². The van der Waals surface area contributed by atoms with Crippen LogP contribution in [0.15, 0.2) is 54.9 Å². The second-order valence-corrected chi connectivity index (χ2v) is 4.98. The molecular weight excluding hydrogens is 311 g/mol. The molecule has 0 bridgehead atoms. The van der Waals surface area contributed by atoms with Crippen LogP contribution >= 0.6 is 0 Å². The molecule has 0 saturated heterocycles. The summed E-state index contributed by atoms with van der Waals surface area (Å²) in [5.74, 6) is -0.175. The second-order valence-electron chi connectivity index (χ2n) is 4.98. The van der Waals surface area contributed by atoms with E-state index in [0.717, 1.165) is 5.56 Å². The predicted octanol–water partition coefficient (Wildman–Crippen LogP) is 2.35. The highest BCUT2D eigenvalue weighted by Gasteiger charge is 2.11. The number of rotatable bonds is 5. The van der Waals surface area contributed by atoms with Crippen molar-refractivity contribution in [1.82, 2.24) is 20.1 Å². The molecule has 0 spiro atoms. The molecule has 0 aliphatic heterocycles. The normalized spacial score (nSPS) is 10.4. The van der Waals surface area contributed by atoms with Crippen LogP contribution in [0.25, 0.3) is 5.69 Å². The van der Waals surface area contributed by atoms with E-state index in [9.17, 15) is 9.18 Å². The standard InChI is InChI=1S/C17H15FN4O2/c1-24-17-12(3-2-9-19-17)11-20-16(23)15-8-10-22(21-15)14-6-4-13(18)5-7-14/h2-10H,11H2,1H3,(H,20,23). The van der Waals surface area contributed by atoms with E-state index in [1.54, 1.807) is 36.7 Å². The molecule has 0 fully saturated rings. The Labute approximate surface area is 137 Å². The van der Waals surface area contributed by atoms with Gasteiger partial charge in [-0.2, -0.15) is 5.10 Å². The topological polar surface area (TPSA) is 69.0 Å². The van der Waals surface area contributed by atoms with Crippen molar-refractivity contribution in [3.05, 3.63) is 71.9 Å². The summed E-state index contributed by atoms with van der Waals surface area (Å²) in [7, 11) is 1.53. The molecule has 6 nitrogen and oxygen atoms in total. The van der Waals surface area contributed by atoms with Crippen LogP contribution in [0.2, 0.25) is 0 Å². The lowest BCUT2D eigenvalue weighted by molar-refractivity contribution is 0.0945. The number of amides is 1. The maximum Gasteiger partial charge on any atom is 0.272 e. The third-order valence-electron chi connectivity index (χ3n) is 3.40. The van der Waals surface area contributed by atoms with Gasteiger partial charge >= 0.3 is 0 Å². The van der Waals surface area contributed by atoms with Gasteiger partial charge in [-0.25, -0.2) is 14.1 Å². The summed E-state index contributed by atoms with van der Waals surface area (Å²) in [6, 6.07) is 11.0. The Morgan fingerprint density at radius 2 is 2.04 bits per heavy atom. The Balaban J connectivity index is 1.69. The van der Waals surface area contributed by atoms with Gasteiger partial charge in [0.2, 0.25) is 5.88 Å². The molecule has 0 aliphatic carbocycles. The van der Waals surface area contributed by atoms with E-state index in [4.69, 9.17) is 4.74 Å².